The molecule has 0 fully saturated rings. The number of carbonyl (C=O) groups is 1. The number of halogens is 1. The molecule has 0 saturated carbocycles. The first-order valence-corrected chi connectivity index (χ1v) is 4.31. The summed E-state index contributed by atoms with van der Waals surface area (Å²) in [5.41, 5.74) is 0. The van der Waals surface area contributed by atoms with Crippen molar-refractivity contribution in [3.63, 3.8) is 0 Å². The summed E-state index contributed by atoms with van der Waals surface area (Å²) in [5, 5.41) is 0. The normalized spacial score (nSPS) is 15.8. The summed E-state index contributed by atoms with van der Waals surface area (Å²) in [4.78, 5) is 18.0. The van der Waals surface area contributed by atoms with Gasteiger partial charge in [0, 0.05) is 5.88 Å². The van der Waals surface area contributed by atoms with Crippen molar-refractivity contribution in [3.05, 3.63) is 0 Å². The first-order valence-electron chi connectivity index (χ1n) is 2.28. The SMILES string of the molecule is O=COP(=O)(O)OCCCl. The molecule has 0 aromatic heterocycles. The Balaban J connectivity index is 3.63. The Kier molecular flexibility index (Phi) is 4.64. The van der Waals surface area contributed by atoms with Crippen molar-refractivity contribution in [2.24, 2.45) is 0 Å². The third-order valence-electron chi connectivity index (χ3n) is 0.508. The summed E-state index contributed by atoms with van der Waals surface area (Å²) < 4.78 is 18.2. The third kappa shape index (κ3) is 4.76. The maximum atomic E-state index is 10.4. The molecule has 5 nitrogen and oxygen atoms in total. The van der Waals surface area contributed by atoms with Crippen LogP contribution in [0.1, 0.15) is 0 Å². The molecule has 0 radical (unpaired) electrons. The van der Waals surface area contributed by atoms with Crippen molar-refractivity contribution >= 4 is 25.9 Å². The van der Waals surface area contributed by atoms with Crippen molar-refractivity contribution in [1.82, 2.24) is 0 Å². The van der Waals surface area contributed by atoms with E-state index in [1.54, 1.807) is 0 Å². The van der Waals surface area contributed by atoms with Crippen molar-refractivity contribution in [2.45, 2.75) is 0 Å². The molecule has 0 aliphatic heterocycles. The molecule has 0 saturated heterocycles. The summed E-state index contributed by atoms with van der Waals surface area (Å²) in [5.74, 6) is 0.0623. The van der Waals surface area contributed by atoms with Crippen LogP contribution in [0.4, 0.5) is 0 Å². The highest BCUT2D eigenvalue weighted by Crippen LogP contribution is 2.41. The van der Waals surface area contributed by atoms with E-state index in [0.29, 0.717) is 0 Å². The number of hydrogen-bond donors (Lipinski definition) is 1. The van der Waals surface area contributed by atoms with E-state index >= 15 is 0 Å². The van der Waals surface area contributed by atoms with E-state index in [1.807, 2.05) is 0 Å². The lowest BCUT2D eigenvalue weighted by atomic mass is 10.9. The minimum absolute atomic E-state index is 0.0623. The van der Waals surface area contributed by atoms with Crippen LogP contribution < -0.4 is 0 Å². The van der Waals surface area contributed by atoms with Gasteiger partial charge in [-0.3, -0.25) is 14.2 Å². The molecule has 1 atom stereocenters. The Morgan fingerprint density at radius 1 is 1.70 bits per heavy atom. The van der Waals surface area contributed by atoms with E-state index < -0.39 is 7.82 Å². The molecule has 0 aromatic rings. The summed E-state index contributed by atoms with van der Waals surface area (Å²) in [6, 6.07) is 0. The van der Waals surface area contributed by atoms with E-state index in [-0.39, 0.29) is 19.0 Å². The van der Waals surface area contributed by atoms with Gasteiger partial charge >= 0.3 is 14.3 Å². The number of rotatable bonds is 5. The van der Waals surface area contributed by atoms with E-state index in [2.05, 4.69) is 9.05 Å². The van der Waals surface area contributed by atoms with Gasteiger partial charge in [-0.2, -0.15) is 0 Å². The fraction of sp³-hybridized carbons (Fsp3) is 0.667. The molecule has 0 aromatic carbocycles. The van der Waals surface area contributed by atoms with Crippen LogP contribution in [-0.2, 0) is 18.4 Å². The average molecular weight is 189 g/mol. The maximum Gasteiger partial charge on any atom is 0.529 e. The fourth-order valence-electron chi connectivity index (χ4n) is 0.235. The van der Waals surface area contributed by atoms with E-state index in [4.69, 9.17) is 16.5 Å². The minimum Gasteiger partial charge on any atom is -0.373 e. The van der Waals surface area contributed by atoms with Gasteiger partial charge in [0.25, 0.3) is 0 Å². The molecular formula is C3H6ClO5P. The van der Waals surface area contributed by atoms with Gasteiger partial charge in [-0.25, -0.2) is 4.57 Å². The average Bonchev–Trinajstić information content (AvgIpc) is 1.84. The molecule has 0 spiro atoms. The van der Waals surface area contributed by atoms with Gasteiger partial charge in [-0.1, -0.05) is 0 Å². The molecule has 10 heavy (non-hydrogen) atoms. The lowest BCUT2D eigenvalue weighted by molar-refractivity contribution is -0.122. The largest absolute Gasteiger partial charge is 0.529 e. The predicted molar refractivity (Wildman–Crippen MR) is 33.6 cm³/mol. The van der Waals surface area contributed by atoms with Gasteiger partial charge in [0.2, 0.25) is 0 Å². The van der Waals surface area contributed by atoms with Crippen LogP contribution in [0.25, 0.3) is 0 Å². The molecule has 1 N–H and O–H groups in total. The summed E-state index contributed by atoms with van der Waals surface area (Å²) >= 11 is 5.11. The molecule has 7 heteroatoms. The number of alkyl halides is 1. The van der Waals surface area contributed by atoms with E-state index in [9.17, 15) is 9.36 Å². The van der Waals surface area contributed by atoms with Crippen molar-refractivity contribution < 1.29 is 23.3 Å². The summed E-state index contributed by atoms with van der Waals surface area (Å²) in [7, 11) is -4.16. The topological polar surface area (TPSA) is 72.8 Å². The van der Waals surface area contributed by atoms with Crippen LogP contribution in [0.15, 0.2) is 0 Å². The molecule has 0 rings (SSSR count). The van der Waals surface area contributed by atoms with Gasteiger partial charge in [0.15, 0.2) is 0 Å². The highest BCUT2D eigenvalue weighted by Gasteiger charge is 2.20. The van der Waals surface area contributed by atoms with Crippen LogP contribution >= 0.6 is 19.4 Å². The zero-order chi connectivity index (χ0) is 8.04. The van der Waals surface area contributed by atoms with Gasteiger partial charge in [-0.05, 0) is 0 Å². The standard InChI is InChI=1S/C3H6ClO5P/c4-1-2-8-10(6,7)9-3-5/h3H,1-2H2,(H,6,7). The van der Waals surface area contributed by atoms with Crippen molar-refractivity contribution in [1.29, 1.82) is 0 Å². The van der Waals surface area contributed by atoms with Crippen LogP contribution in [-0.4, -0.2) is 23.9 Å². The monoisotopic (exact) mass is 188 g/mol. The Morgan fingerprint density at radius 3 is 2.70 bits per heavy atom. The Labute approximate surface area is 62.5 Å². The van der Waals surface area contributed by atoms with Gasteiger partial charge < -0.3 is 4.52 Å². The zero-order valence-corrected chi connectivity index (χ0v) is 6.55. The maximum absolute atomic E-state index is 10.4. The third-order valence-corrected chi connectivity index (χ3v) is 1.52. The number of phosphoric acid groups is 1. The predicted octanol–water partition coefficient (Wildman–Crippen LogP) is 0.515. The zero-order valence-electron chi connectivity index (χ0n) is 4.90. The second-order valence-electron chi connectivity index (χ2n) is 1.19. The Hall–Kier alpha value is -0.0900. The number of phosphoric ester groups is 1. The molecule has 0 aliphatic carbocycles. The molecule has 0 aliphatic rings. The Morgan fingerprint density at radius 2 is 2.30 bits per heavy atom. The second-order valence-corrected chi connectivity index (χ2v) is 2.98. The first-order chi connectivity index (χ1) is 4.62. The molecule has 0 bridgehead atoms. The highest BCUT2D eigenvalue weighted by atomic mass is 35.5. The molecule has 0 amide bonds. The molecular weight excluding hydrogens is 182 g/mol. The first kappa shape index (κ1) is 9.91. The molecule has 0 heterocycles. The van der Waals surface area contributed by atoms with Crippen LogP contribution in [0, 0.1) is 0 Å². The van der Waals surface area contributed by atoms with Gasteiger partial charge in [0.05, 0.1) is 6.61 Å². The van der Waals surface area contributed by atoms with Crippen LogP contribution in [0.5, 0.6) is 0 Å². The van der Waals surface area contributed by atoms with Gasteiger partial charge in [-0.15, -0.1) is 11.6 Å². The van der Waals surface area contributed by atoms with Crippen molar-refractivity contribution in [2.75, 3.05) is 12.5 Å². The number of hydrogen-bond acceptors (Lipinski definition) is 4. The van der Waals surface area contributed by atoms with Crippen molar-refractivity contribution in [3.8, 4) is 0 Å². The quantitative estimate of drug-likeness (QED) is 0.387. The van der Waals surface area contributed by atoms with Crippen LogP contribution in [0.3, 0.4) is 0 Å². The fourth-order valence-corrected chi connectivity index (χ4v) is 0.911. The highest BCUT2D eigenvalue weighted by molar-refractivity contribution is 7.47. The minimum atomic E-state index is -4.16. The van der Waals surface area contributed by atoms with E-state index in [1.165, 1.54) is 0 Å². The lowest BCUT2D eigenvalue weighted by Gasteiger charge is -2.05. The van der Waals surface area contributed by atoms with Crippen LogP contribution in [0.2, 0.25) is 0 Å². The smallest absolute Gasteiger partial charge is 0.373 e. The summed E-state index contributed by atoms with van der Waals surface area (Å²) in [6.45, 7) is -0.293. The summed E-state index contributed by atoms with van der Waals surface area (Å²) in [6.07, 6.45) is 0. The molecule has 1 unspecified atom stereocenters. The van der Waals surface area contributed by atoms with E-state index in [0.717, 1.165) is 0 Å². The lowest BCUT2D eigenvalue weighted by Crippen LogP contribution is -1.96. The van der Waals surface area contributed by atoms with Gasteiger partial charge in [0.1, 0.15) is 0 Å². The second kappa shape index (κ2) is 4.68. The Bertz CT molecular complexity index is 148. The number of carbonyl (C=O) groups excluding carboxylic acids is 1. The molecule has 60 valence electrons.